The van der Waals surface area contributed by atoms with Gasteiger partial charge in [-0.15, -0.1) is 11.6 Å². The Bertz CT molecular complexity index is 365. The molecule has 1 amide bonds. The highest BCUT2D eigenvalue weighted by molar-refractivity contribution is 6.17. The van der Waals surface area contributed by atoms with Gasteiger partial charge in [-0.2, -0.15) is 0 Å². The normalized spacial score (nSPS) is 12.2. The lowest BCUT2D eigenvalue weighted by Crippen LogP contribution is -2.27. The van der Waals surface area contributed by atoms with E-state index in [9.17, 15) is 9.90 Å². The lowest BCUT2D eigenvalue weighted by atomic mass is 10.1. The molecule has 0 spiro atoms. The van der Waals surface area contributed by atoms with Crippen molar-refractivity contribution in [3.8, 4) is 0 Å². The summed E-state index contributed by atoms with van der Waals surface area (Å²) in [5.41, 5.74) is 1.61. The molecule has 0 heterocycles. The summed E-state index contributed by atoms with van der Waals surface area (Å²) in [6.45, 7) is 2.53. The summed E-state index contributed by atoms with van der Waals surface area (Å²) in [5, 5.41) is 12.3. The van der Waals surface area contributed by atoms with Crippen molar-refractivity contribution in [3.05, 3.63) is 35.4 Å². The third-order valence-electron chi connectivity index (χ3n) is 2.76. The van der Waals surface area contributed by atoms with Crippen LogP contribution in [-0.4, -0.2) is 23.7 Å². The molecule has 0 bridgehead atoms. The number of nitrogens with one attached hydrogen (secondary N) is 1. The van der Waals surface area contributed by atoms with Gasteiger partial charge in [-0.25, -0.2) is 0 Å². The molecule has 0 aromatic heterocycles. The number of hydrogen-bond acceptors (Lipinski definition) is 2. The van der Waals surface area contributed by atoms with Gasteiger partial charge < -0.3 is 10.4 Å². The van der Waals surface area contributed by atoms with Gasteiger partial charge >= 0.3 is 0 Å². The summed E-state index contributed by atoms with van der Waals surface area (Å²) in [5.74, 6) is 0.338. The van der Waals surface area contributed by atoms with E-state index in [0.29, 0.717) is 24.4 Å². The number of benzene rings is 1. The zero-order valence-electron chi connectivity index (χ0n) is 10.7. The first-order valence-corrected chi connectivity index (χ1v) is 6.82. The standard InChI is InChI=1S/C14H20ClNO2/c1-2-3-13(17)8-9-16-14(18)12-6-4-11(10-15)5-7-12/h4-7,13,17H,2-3,8-10H2,1H3,(H,16,18). The van der Waals surface area contributed by atoms with Crippen LogP contribution < -0.4 is 5.32 Å². The van der Waals surface area contributed by atoms with Crippen LogP contribution in [0.15, 0.2) is 24.3 Å². The molecule has 0 radical (unpaired) electrons. The second kappa shape index (κ2) is 8.11. The van der Waals surface area contributed by atoms with E-state index in [1.807, 2.05) is 19.1 Å². The number of halogens is 1. The Kier molecular flexibility index (Phi) is 6.76. The van der Waals surface area contributed by atoms with E-state index in [4.69, 9.17) is 11.6 Å². The van der Waals surface area contributed by atoms with Gasteiger partial charge in [0.15, 0.2) is 0 Å². The quantitative estimate of drug-likeness (QED) is 0.748. The Hall–Kier alpha value is -1.06. The molecule has 4 heteroatoms. The van der Waals surface area contributed by atoms with Gasteiger partial charge in [0.05, 0.1) is 6.10 Å². The van der Waals surface area contributed by atoms with Crippen molar-refractivity contribution < 1.29 is 9.90 Å². The van der Waals surface area contributed by atoms with Gasteiger partial charge in [-0.3, -0.25) is 4.79 Å². The maximum atomic E-state index is 11.8. The second-order valence-electron chi connectivity index (χ2n) is 4.32. The van der Waals surface area contributed by atoms with Crippen LogP contribution in [0.2, 0.25) is 0 Å². The van der Waals surface area contributed by atoms with Gasteiger partial charge in [-0.1, -0.05) is 25.5 Å². The predicted molar refractivity (Wildman–Crippen MR) is 73.9 cm³/mol. The molecule has 18 heavy (non-hydrogen) atoms. The molecule has 1 rings (SSSR count). The SMILES string of the molecule is CCCC(O)CCNC(=O)c1ccc(CCl)cc1. The van der Waals surface area contributed by atoms with Crippen LogP contribution in [0.3, 0.4) is 0 Å². The summed E-state index contributed by atoms with van der Waals surface area (Å²) in [6, 6.07) is 7.20. The molecule has 0 saturated carbocycles. The summed E-state index contributed by atoms with van der Waals surface area (Å²) >= 11 is 5.68. The molecule has 0 aliphatic carbocycles. The van der Waals surface area contributed by atoms with Gasteiger partial charge in [0, 0.05) is 18.0 Å². The Morgan fingerprint density at radius 2 is 2.00 bits per heavy atom. The first-order chi connectivity index (χ1) is 8.67. The van der Waals surface area contributed by atoms with Crippen molar-refractivity contribution in [2.45, 2.75) is 38.2 Å². The zero-order chi connectivity index (χ0) is 13.4. The van der Waals surface area contributed by atoms with Crippen LogP contribution in [0.4, 0.5) is 0 Å². The van der Waals surface area contributed by atoms with Crippen LogP contribution in [0.25, 0.3) is 0 Å². The average Bonchev–Trinajstić information content (AvgIpc) is 2.39. The minimum absolute atomic E-state index is 0.111. The number of aliphatic hydroxyl groups is 1. The molecular weight excluding hydrogens is 250 g/mol. The van der Waals surface area contributed by atoms with E-state index in [1.165, 1.54) is 0 Å². The van der Waals surface area contributed by atoms with Crippen LogP contribution >= 0.6 is 11.6 Å². The number of carbonyl (C=O) groups excluding carboxylic acids is 1. The Labute approximate surface area is 113 Å². The van der Waals surface area contributed by atoms with E-state index in [1.54, 1.807) is 12.1 Å². The lowest BCUT2D eigenvalue weighted by Gasteiger charge is -2.10. The number of carbonyl (C=O) groups is 1. The molecule has 0 aliphatic rings. The summed E-state index contributed by atoms with van der Waals surface area (Å²) in [4.78, 5) is 11.8. The van der Waals surface area contributed by atoms with Gasteiger partial charge in [0.25, 0.3) is 5.91 Å². The van der Waals surface area contributed by atoms with E-state index >= 15 is 0 Å². The number of rotatable bonds is 7. The van der Waals surface area contributed by atoms with Crippen molar-refractivity contribution in [3.63, 3.8) is 0 Å². The second-order valence-corrected chi connectivity index (χ2v) is 4.58. The molecule has 1 atom stereocenters. The number of hydrogen-bond donors (Lipinski definition) is 2. The number of aliphatic hydroxyl groups excluding tert-OH is 1. The van der Waals surface area contributed by atoms with E-state index in [-0.39, 0.29) is 12.0 Å². The summed E-state index contributed by atoms with van der Waals surface area (Å²) in [6.07, 6.45) is 2.00. The fourth-order valence-electron chi connectivity index (χ4n) is 1.68. The maximum Gasteiger partial charge on any atom is 0.251 e. The topological polar surface area (TPSA) is 49.3 Å². The first kappa shape index (κ1) is 15.0. The number of amides is 1. The third-order valence-corrected chi connectivity index (χ3v) is 3.06. The predicted octanol–water partition coefficient (Wildman–Crippen LogP) is 2.71. The van der Waals surface area contributed by atoms with Crippen molar-refractivity contribution >= 4 is 17.5 Å². The highest BCUT2D eigenvalue weighted by Gasteiger charge is 2.06. The highest BCUT2D eigenvalue weighted by atomic mass is 35.5. The van der Waals surface area contributed by atoms with Crippen LogP contribution in [0, 0.1) is 0 Å². The lowest BCUT2D eigenvalue weighted by molar-refractivity contribution is 0.0941. The largest absolute Gasteiger partial charge is 0.393 e. The highest BCUT2D eigenvalue weighted by Crippen LogP contribution is 2.07. The molecule has 0 saturated heterocycles. The number of alkyl halides is 1. The van der Waals surface area contributed by atoms with Crippen molar-refractivity contribution in [1.82, 2.24) is 5.32 Å². The van der Waals surface area contributed by atoms with E-state index in [2.05, 4.69) is 5.32 Å². The molecule has 0 aliphatic heterocycles. The van der Waals surface area contributed by atoms with Crippen molar-refractivity contribution in [2.24, 2.45) is 0 Å². The third kappa shape index (κ3) is 5.07. The Morgan fingerprint density at radius 3 is 2.56 bits per heavy atom. The van der Waals surface area contributed by atoms with Crippen molar-refractivity contribution in [1.29, 1.82) is 0 Å². The van der Waals surface area contributed by atoms with Crippen LogP contribution in [0.5, 0.6) is 0 Å². The molecule has 0 fully saturated rings. The molecule has 2 N–H and O–H groups in total. The van der Waals surface area contributed by atoms with Gasteiger partial charge in [-0.05, 0) is 30.5 Å². The van der Waals surface area contributed by atoms with E-state index in [0.717, 1.165) is 18.4 Å². The van der Waals surface area contributed by atoms with Crippen LogP contribution in [-0.2, 0) is 5.88 Å². The zero-order valence-corrected chi connectivity index (χ0v) is 11.4. The van der Waals surface area contributed by atoms with Gasteiger partial charge in [0.1, 0.15) is 0 Å². The fourth-order valence-corrected chi connectivity index (χ4v) is 1.86. The molecule has 1 aromatic carbocycles. The van der Waals surface area contributed by atoms with Crippen LogP contribution in [0.1, 0.15) is 42.1 Å². The maximum absolute atomic E-state index is 11.8. The van der Waals surface area contributed by atoms with Gasteiger partial charge in [0.2, 0.25) is 0 Å². The minimum Gasteiger partial charge on any atom is -0.393 e. The average molecular weight is 270 g/mol. The molecule has 100 valence electrons. The molecule has 1 unspecified atom stereocenters. The molecule has 3 nitrogen and oxygen atoms in total. The Morgan fingerprint density at radius 1 is 1.33 bits per heavy atom. The van der Waals surface area contributed by atoms with Crippen molar-refractivity contribution in [2.75, 3.05) is 6.54 Å². The van der Waals surface area contributed by atoms with E-state index < -0.39 is 0 Å². The smallest absolute Gasteiger partial charge is 0.251 e. The fraction of sp³-hybridized carbons (Fsp3) is 0.500. The summed E-state index contributed by atoms with van der Waals surface area (Å²) < 4.78 is 0. The molecular formula is C14H20ClNO2. The molecule has 1 aromatic rings. The monoisotopic (exact) mass is 269 g/mol. The first-order valence-electron chi connectivity index (χ1n) is 6.28. The minimum atomic E-state index is -0.325. The summed E-state index contributed by atoms with van der Waals surface area (Å²) in [7, 11) is 0. The Balaban J connectivity index is 2.35.